The number of carboxylic acids is 1. The van der Waals surface area contributed by atoms with Crippen LogP contribution < -0.4 is 0 Å². The van der Waals surface area contributed by atoms with Gasteiger partial charge in [-0.05, 0) is 12.8 Å². The molecular weight excluding hydrogens is 160 g/mol. The minimum atomic E-state index is -0.816. The fraction of sp³-hybridized carbons (Fsp3) is 0.875. The second-order valence-electron chi connectivity index (χ2n) is 3.17. The van der Waals surface area contributed by atoms with Gasteiger partial charge in [0.25, 0.3) is 0 Å². The molecule has 1 fully saturated rings. The Balaban J connectivity index is 2.63. The first-order valence-electron chi connectivity index (χ1n) is 4.01. The maximum absolute atomic E-state index is 10.9. The van der Waals surface area contributed by atoms with Crippen LogP contribution >= 0.6 is 0 Å². The molecule has 0 spiro atoms. The van der Waals surface area contributed by atoms with Crippen LogP contribution in [0.3, 0.4) is 0 Å². The summed E-state index contributed by atoms with van der Waals surface area (Å²) in [6.45, 7) is 1.18. The van der Waals surface area contributed by atoms with E-state index < -0.39 is 11.4 Å². The first kappa shape index (κ1) is 9.48. The average molecular weight is 174 g/mol. The maximum atomic E-state index is 10.9. The lowest BCUT2D eigenvalue weighted by atomic mass is 9.83. The quantitative estimate of drug-likeness (QED) is 0.677. The first-order valence-corrected chi connectivity index (χ1v) is 4.01. The molecule has 4 heteroatoms. The van der Waals surface area contributed by atoms with Crippen LogP contribution in [0.4, 0.5) is 0 Å². The number of aliphatic carboxylic acids is 1. The van der Waals surface area contributed by atoms with Crippen LogP contribution in [0.5, 0.6) is 0 Å². The SMILES string of the molecule is COCC1(C(=O)O)CCCOC1. The predicted octanol–water partition coefficient (Wildman–Crippen LogP) is 0.514. The Labute approximate surface area is 71.5 Å². The Bertz CT molecular complexity index is 155. The van der Waals surface area contributed by atoms with Gasteiger partial charge in [0.1, 0.15) is 5.41 Å². The van der Waals surface area contributed by atoms with Crippen LogP contribution in [0, 0.1) is 5.41 Å². The van der Waals surface area contributed by atoms with Gasteiger partial charge in [0.05, 0.1) is 13.2 Å². The number of carboxylic acid groups (broad SMARTS) is 1. The largest absolute Gasteiger partial charge is 0.481 e. The summed E-state index contributed by atoms with van der Waals surface area (Å²) in [4.78, 5) is 10.9. The molecule has 0 saturated carbocycles. The number of hydrogen-bond donors (Lipinski definition) is 1. The van der Waals surface area contributed by atoms with Gasteiger partial charge in [-0.2, -0.15) is 0 Å². The van der Waals surface area contributed by atoms with Crippen LogP contribution in [0.1, 0.15) is 12.8 Å². The standard InChI is InChI=1S/C8H14O4/c1-11-5-8(7(9)10)3-2-4-12-6-8/h2-6H2,1H3,(H,9,10). The molecule has 1 saturated heterocycles. The Hall–Kier alpha value is -0.610. The van der Waals surface area contributed by atoms with E-state index in [-0.39, 0.29) is 13.2 Å². The lowest BCUT2D eigenvalue weighted by Gasteiger charge is -2.31. The van der Waals surface area contributed by atoms with E-state index in [2.05, 4.69) is 0 Å². The summed E-state index contributed by atoms with van der Waals surface area (Å²) in [5.74, 6) is -0.816. The summed E-state index contributed by atoms with van der Waals surface area (Å²) < 4.78 is 10.0. The number of carbonyl (C=O) groups is 1. The topological polar surface area (TPSA) is 55.8 Å². The Morgan fingerprint density at radius 2 is 2.50 bits per heavy atom. The molecule has 1 N–H and O–H groups in total. The van der Waals surface area contributed by atoms with Crippen molar-refractivity contribution in [3.05, 3.63) is 0 Å². The van der Waals surface area contributed by atoms with E-state index >= 15 is 0 Å². The van der Waals surface area contributed by atoms with Crippen LogP contribution in [0.2, 0.25) is 0 Å². The molecule has 4 nitrogen and oxygen atoms in total. The highest BCUT2D eigenvalue weighted by atomic mass is 16.5. The third kappa shape index (κ3) is 1.76. The molecule has 1 aliphatic heterocycles. The fourth-order valence-corrected chi connectivity index (χ4v) is 1.47. The number of rotatable bonds is 3. The van der Waals surface area contributed by atoms with Crippen molar-refractivity contribution in [2.45, 2.75) is 12.8 Å². The van der Waals surface area contributed by atoms with E-state index in [9.17, 15) is 4.79 Å². The predicted molar refractivity (Wildman–Crippen MR) is 42.0 cm³/mol. The van der Waals surface area contributed by atoms with Crippen LogP contribution in [-0.4, -0.2) is 38.0 Å². The van der Waals surface area contributed by atoms with Gasteiger partial charge in [0.2, 0.25) is 0 Å². The smallest absolute Gasteiger partial charge is 0.314 e. The summed E-state index contributed by atoms with van der Waals surface area (Å²) >= 11 is 0. The van der Waals surface area contributed by atoms with E-state index in [4.69, 9.17) is 14.6 Å². The maximum Gasteiger partial charge on any atom is 0.314 e. The van der Waals surface area contributed by atoms with Crippen molar-refractivity contribution < 1.29 is 19.4 Å². The monoisotopic (exact) mass is 174 g/mol. The van der Waals surface area contributed by atoms with Gasteiger partial charge in [0.15, 0.2) is 0 Å². The summed E-state index contributed by atoms with van der Waals surface area (Å²) in [5.41, 5.74) is -0.799. The number of methoxy groups -OCH3 is 1. The van der Waals surface area contributed by atoms with Gasteiger partial charge in [-0.15, -0.1) is 0 Å². The molecule has 1 heterocycles. The van der Waals surface area contributed by atoms with Gasteiger partial charge < -0.3 is 14.6 Å². The zero-order chi connectivity index (χ0) is 9.03. The summed E-state index contributed by atoms with van der Waals surface area (Å²) in [6.07, 6.45) is 1.45. The average Bonchev–Trinajstić information content (AvgIpc) is 2.06. The van der Waals surface area contributed by atoms with Crippen molar-refractivity contribution in [1.82, 2.24) is 0 Å². The Morgan fingerprint density at radius 1 is 1.75 bits per heavy atom. The summed E-state index contributed by atoms with van der Waals surface area (Å²) in [7, 11) is 1.51. The van der Waals surface area contributed by atoms with Crippen molar-refractivity contribution in [3.63, 3.8) is 0 Å². The molecule has 0 aliphatic carbocycles. The van der Waals surface area contributed by atoms with E-state index in [1.54, 1.807) is 0 Å². The first-order chi connectivity index (χ1) is 5.71. The molecule has 1 rings (SSSR count). The van der Waals surface area contributed by atoms with Crippen molar-refractivity contribution in [1.29, 1.82) is 0 Å². The Kier molecular flexibility index (Phi) is 3.05. The molecule has 70 valence electrons. The third-order valence-electron chi connectivity index (χ3n) is 2.20. The van der Waals surface area contributed by atoms with E-state index in [1.165, 1.54) is 7.11 Å². The summed E-state index contributed by atoms with van der Waals surface area (Å²) in [5, 5.41) is 8.96. The minimum Gasteiger partial charge on any atom is -0.481 e. The molecule has 0 radical (unpaired) electrons. The van der Waals surface area contributed by atoms with Gasteiger partial charge >= 0.3 is 5.97 Å². The van der Waals surface area contributed by atoms with Gasteiger partial charge in [-0.25, -0.2) is 0 Å². The van der Waals surface area contributed by atoms with E-state index in [1.807, 2.05) is 0 Å². The van der Waals surface area contributed by atoms with Crippen molar-refractivity contribution in [3.8, 4) is 0 Å². The van der Waals surface area contributed by atoms with Crippen LogP contribution in [0.15, 0.2) is 0 Å². The molecule has 12 heavy (non-hydrogen) atoms. The van der Waals surface area contributed by atoms with E-state index in [0.717, 1.165) is 6.42 Å². The lowest BCUT2D eigenvalue weighted by Crippen LogP contribution is -2.42. The molecule has 0 aromatic rings. The zero-order valence-electron chi connectivity index (χ0n) is 7.21. The lowest BCUT2D eigenvalue weighted by molar-refractivity contribution is -0.162. The molecular formula is C8H14O4. The minimum absolute atomic E-state index is 0.238. The molecule has 0 amide bonds. The second-order valence-corrected chi connectivity index (χ2v) is 3.17. The fourth-order valence-electron chi connectivity index (χ4n) is 1.47. The van der Waals surface area contributed by atoms with Gasteiger partial charge in [-0.3, -0.25) is 4.79 Å². The highest BCUT2D eigenvalue weighted by Crippen LogP contribution is 2.28. The molecule has 0 aromatic carbocycles. The van der Waals surface area contributed by atoms with Crippen LogP contribution in [-0.2, 0) is 14.3 Å². The van der Waals surface area contributed by atoms with Crippen LogP contribution in [0.25, 0.3) is 0 Å². The van der Waals surface area contributed by atoms with Gasteiger partial charge in [-0.1, -0.05) is 0 Å². The van der Waals surface area contributed by atoms with E-state index in [0.29, 0.717) is 13.0 Å². The number of ether oxygens (including phenoxy) is 2. The summed E-state index contributed by atoms with van der Waals surface area (Å²) in [6, 6.07) is 0. The molecule has 1 aliphatic rings. The van der Waals surface area contributed by atoms with Crippen molar-refractivity contribution in [2.75, 3.05) is 26.9 Å². The van der Waals surface area contributed by atoms with Crippen molar-refractivity contribution >= 4 is 5.97 Å². The zero-order valence-corrected chi connectivity index (χ0v) is 7.21. The molecule has 1 atom stereocenters. The normalized spacial score (nSPS) is 30.1. The molecule has 1 unspecified atom stereocenters. The number of hydrogen-bond acceptors (Lipinski definition) is 3. The second kappa shape index (κ2) is 3.87. The molecule has 0 bridgehead atoms. The van der Waals surface area contributed by atoms with Crippen molar-refractivity contribution in [2.24, 2.45) is 5.41 Å². The highest BCUT2D eigenvalue weighted by Gasteiger charge is 2.40. The molecule has 0 aromatic heterocycles. The highest BCUT2D eigenvalue weighted by molar-refractivity contribution is 5.75. The Morgan fingerprint density at radius 3 is 2.92 bits per heavy atom. The van der Waals surface area contributed by atoms with Gasteiger partial charge in [0, 0.05) is 13.7 Å². The third-order valence-corrected chi connectivity index (χ3v) is 2.20.